The molecule has 1 unspecified atom stereocenters. The number of esters is 1. The van der Waals surface area contributed by atoms with Crippen molar-refractivity contribution in [2.24, 2.45) is 5.92 Å². The minimum absolute atomic E-state index is 0.137. The molecule has 4 rings (SSSR count). The molecular formula is C22H23FN4O4. The lowest BCUT2D eigenvalue weighted by Crippen LogP contribution is -2.35. The van der Waals surface area contributed by atoms with E-state index in [1.54, 1.807) is 26.2 Å². The largest absolute Gasteiger partial charge is 0.507 e. The molecule has 0 aliphatic carbocycles. The molecule has 2 heterocycles. The van der Waals surface area contributed by atoms with Crippen molar-refractivity contribution in [2.45, 2.75) is 13.0 Å². The maximum absolute atomic E-state index is 13.8. The fourth-order valence-corrected chi connectivity index (χ4v) is 3.66. The summed E-state index contributed by atoms with van der Waals surface area (Å²) in [6, 6.07) is 8.68. The zero-order valence-electron chi connectivity index (χ0n) is 17.2. The molecule has 9 heteroatoms. The van der Waals surface area contributed by atoms with Gasteiger partial charge in [0.25, 0.3) is 0 Å². The minimum Gasteiger partial charge on any atom is -0.507 e. The average Bonchev–Trinajstić information content (AvgIpc) is 3.23. The Morgan fingerprint density at radius 2 is 2.10 bits per heavy atom. The second-order valence-electron chi connectivity index (χ2n) is 7.21. The molecule has 31 heavy (non-hydrogen) atoms. The number of nitrogens with one attached hydrogen (secondary N) is 2. The van der Waals surface area contributed by atoms with Crippen LogP contribution in [0.2, 0.25) is 0 Å². The van der Waals surface area contributed by atoms with E-state index in [2.05, 4.69) is 20.6 Å². The topological polar surface area (TPSA) is 106 Å². The van der Waals surface area contributed by atoms with E-state index in [9.17, 15) is 14.3 Å². The van der Waals surface area contributed by atoms with Crippen molar-refractivity contribution in [1.82, 2.24) is 15.3 Å². The number of hydrogen-bond donors (Lipinski definition) is 3. The van der Waals surface area contributed by atoms with Crippen LogP contribution in [0.25, 0.3) is 22.3 Å². The van der Waals surface area contributed by atoms with E-state index in [1.807, 2.05) is 6.07 Å². The highest BCUT2D eigenvalue weighted by Crippen LogP contribution is 2.33. The minimum atomic E-state index is -0.515. The summed E-state index contributed by atoms with van der Waals surface area (Å²) in [4.78, 5) is 21.4. The van der Waals surface area contributed by atoms with Crippen LogP contribution in [0.15, 0.2) is 36.4 Å². The van der Waals surface area contributed by atoms with Gasteiger partial charge in [-0.05, 0) is 37.3 Å². The summed E-state index contributed by atoms with van der Waals surface area (Å²) in [5, 5.41) is 17.5. The molecule has 0 amide bonds. The highest BCUT2D eigenvalue weighted by atomic mass is 19.1. The quantitative estimate of drug-likeness (QED) is 0.517. The molecule has 0 spiro atoms. The number of aromatic nitrogens is 2. The van der Waals surface area contributed by atoms with E-state index in [1.165, 1.54) is 12.1 Å². The van der Waals surface area contributed by atoms with E-state index < -0.39 is 5.82 Å². The van der Waals surface area contributed by atoms with Gasteiger partial charge in [0.15, 0.2) is 5.82 Å². The third kappa shape index (κ3) is 4.22. The molecule has 0 bridgehead atoms. The Balaban J connectivity index is 1.79. The van der Waals surface area contributed by atoms with Gasteiger partial charge in [0.1, 0.15) is 23.1 Å². The predicted octanol–water partition coefficient (Wildman–Crippen LogP) is 2.71. The Morgan fingerprint density at radius 3 is 2.87 bits per heavy atom. The summed E-state index contributed by atoms with van der Waals surface area (Å²) in [7, 11) is 1.55. The number of fused-ring (bicyclic) bond motifs is 1. The second-order valence-corrected chi connectivity index (χ2v) is 7.21. The van der Waals surface area contributed by atoms with Crippen molar-refractivity contribution in [2.75, 3.05) is 32.1 Å². The Bertz CT molecular complexity index is 1120. The Hall–Kier alpha value is -3.46. The van der Waals surface area contributed by atoms with E-state index in [0.29, 0.717) is 42.2 Å². The van der Waals surface area contributed by atoms with Crippen molar-refractivity contribution in [1.29, 1.82) is 0 Å². The second kappa shape index (κ2) is 8.73. The maximum atomic E-state index is 13.8. The summed E-state index contributed by atoms with van der Waals surface area (Å²) >= 11 is 0. The SMILES string of the molecule is CCOC(=O)C1CNC[C@H]1Nc1nc(-c2cc(F)ccc2O)nc2cc(OC)ccc12. The third-order valence-electron chi connectivity index (χ3n) is 5.23. The van der Waals surface area contributed by atoms with E-state index in [0.717, 1.165) is 6.07 Å². The van der Waals surface area contributed by atoms with Gasteiger partial charge in [0, 0.05) is 24.5 Å². The Kier molecular flexibility index (Phi) is 5.85. The third-order valence-corrected chi connectivity index (χ3v) is 5.23. The van der Waals surface area contributed by atoms with Crippen LogP contribution in [0.1, 0.15) is 6.92 Å². The Morgan fingerprint density at radius 1 is 1.26 bits per heavy atom. The molecule has 2 atom stereocenters. The molecule has 1 aliphatic rings. The van der Waals surface area contributed by atoms with Gasteiger partial charge in [-0.25, -0.2) is 14.4 Å². The van der Waals surface area contributed by atoms with E-state index in [-0.39, 0.29) is 35.1 Å². The number of benzene rings is 2. The number of carbonyl (C=O) groups is 1. The molecule has 1 aliphatic heterocycles. The summed E-state index contributed by atoms with van der Waals surface area (Å²) in [6.07, 6.45) is 0. The van der Waals surface area contributed by atoms with Crippen LogP contribution < -0.4 is 15.4 Å². The van der Waals surface area contributed by atoms with Gasteiger partial charge in [-0.2, -0.15) is 0 Å². The van der Waals surface area contributed by atoms with Gasteiger partial charge in [-0.15, -0.1) is 0 Å². The van der Waals surface area contributed by atoms with Crippen LogP contribution in [0.5, 0.6) is 11.5 Å². The normalized spacial score (nSPS) is 18.2. The van der Waals surface area contributed by atoms with Crippen LogP contribution >= 0.6 is 0 Å². The molecule has 162 valence electrons. The smallest absolute Gasteiger partial charge is 0.312 e. The highest BCUT2D eigenvalue weighted by Gasteiger charge is 2.34. The lowest BCUT2D eigenvalue weighted by molar-refractivity contribution is -0.147. The molecule has 1 saturated heterocycles. The first-order valence-electron chi connectivity index (χ1n) is 9.98. The van der Waals surface area contributed by atoms with Crippen LogP contribution in [0.4, 0.5) is 10.2 Å². The van der Waals surface area contributed by atoms with Gasteiger partial charge < -0.3 is 25.2 Å². The monoisotopic (exact) mass is 426 g/mol. The van der Waals surface area contributed by atoms with Gasteiger partial charge >= 0.3 is 5.97 Å². The van der Waals surface area contributed by atoms with Crippen molar-refractivity contribution in [3.8, 4) is 22.9 Å². The predicted molar refractivity (Wildman–Crippen MR) is 114 cm³/mol. The number of nitrogens with zero attached hydrogens (tertiary/aromatic N) is 2. The van der Waals surface area contributed by atoms with E-state index in [4.69, 9.17) is 9.47 Å². The van der Waals surface area contributed by atoms with Crippen LogP contribution in [-0.2, 0) is 9.53 Å². The van der Waals surface area contributed by atoms with Crippen LogP contribution in [0.3, 0.4) is 0 Å². The van der Waals surface area contributed by atoms with Crippen LogP contribution in [-0.4, -0.2) is 53.9 Å². The van der Waals surface area contributed by atoms with Gasteiger partial charge in [0.2, 0.25) is 0 Å². The van der Waals surface area contributed by atoms with Crippen molar-refractivity contribution in [3.63, 3.8) is 0 Å². The lowest BCUT2D eigenvalue weighted by Gasteiger charge is -2.20. The number of hydrogen-bond acceptors (Lipinski definition) is 8. The van der Waals surface area contributed by atoms with Crippen molar-refractivity contribution >= 4 is 22.7 Å². The highest BCUT2D eigenvalue weighted by molar-refractivity contribution is 5.92. The zero-order valence-corrected chi connectivity index (χ0v) is 17.2. The molecule has 1 fully saturated rings. The number of anilines is 1. The van der Waals surface area contributed by atoms with E-state index >= 15 is 0 Å². The van der Waals surface area contributed by atoms with Gasteiger partial charge in [-0.1, -0.05) is 0 Å². The fraction of sp³-hybridized carbons (Fsp3) is 0.318. The first-order valence-corrected chi connectivity index (χ1v) is 9.98. The maximum Gasteiger partial charge on any atom is 0.312 e. The molecule has 0 saturated carbocycles. The summed E-state index contributed by atoms with van der Waals surface area (Å²) in [5.41, 5.74) is 0.716. The first kappa shape index (κ1) is 20.8. The molecule has 0 radical (unpaired) electrons. The number of phenols is 1. The van der Waals surface area contributed by atoms with Gasteiger partial charge in [0.05, 0.1) is 36.8 Å². The molecule has 8 nitrogen and oxygen atoms in total. The van der Waals surface area contributed by atoms with Crippen LogP contribution in [0, 0.1) is 11.7 Å². The number of phenolic OH excluding ortho intramolecular Hbond substituents is 1. The summed E-state index contributed by atoms with van der Waals surface area (Å²) in [6.45, 7) is 3.11. The fourth-order valence-electron chi connectivity index (χ4n) is 3.66. The van der Waals surface area contributed by atoms with Gasteiger partial charge in [-0.3, -0.25) is 4.79 Å². The number of aromatic hydroxyl groups is 1. The standard InChI is InChI=1S/C22H23FN4O4/c1-3-31-22(29)16-10-24-11-18(16)26-20-14-6-5-13(30-2)9-17(14)25-21(27-20)15-8-12(23)4-7-19(15)28/h4-9,16,18,24,28H,3,10-11H2,1-2H3,(H,25,26,27)/t16?,18-/m1/s1. The Labute approximate surface area is 178 Å². The summed E-state index contributed by atoms with van der Waals surface area (Å²) in [5.74, 6) is -0.102. The van der Waals surface area contributed by atoms with Crippen molar-refractivity contribution < 1.29 is 23.8 Å². The summed E-state index contributed by atoms with van der Waals surface area (Å²) < 4.78 is 24.3. The molecule has 3 aromatic rings. The molecule has 1 aromatic heterocycles. The number of rotatable bonds is 6. The van der Waals surface area contributed by atoms with Crippen molar-refractivity contribution in [3.05, 3.63) is 42.2 Å². The number of carbonyl (C=O) groups excluding carboxylic acids is 1. The number of methoxy groups -OCH3 is 1. The number of halogens is 1. The molecule has 3 N–H and O–H groups in total. The lowest BCUT2D eigenvalue weighted by atomic mass is 10.0. The molecular weight excluding hydrogens is 403 g/mol. The first-order chi connectivity index (χ1) is 15.0. The zero-order chi connectivity index (χ0) is 22.0. The average molecular weight is 426 g/mol. The molecule has 2 aromatic carbocycles. The number of ether oxygens (including phenoxy) is 2.